The van der Waals surface area contributed by atoms with Crippen LogP contribution in [0.15, 0.2) is 45.8 Å². The molecule has 0 unspecified atom stereocenters. The van der Waals surface area contributed by atoms with E-state index in [1.165, 1.54) is 12.1 Å². The lowest BCUT2D eigenvalue weighted by molar-refractivity contribution is 0.170. The van der Waals surface area contributed by atoms with E-state index in [-0.39, 0.29) is 10.9 Å². The van der Waals surface area contributed by atoms with Gasteiger partial charge in [-0.15, -0.1) is 0 Å². The summed E-state index contributed by atoms with van der Waals surface area (Å²) in [6.45, 7) is 3.87. The van der Waals surface area contributed by atoms with Gasteiger partial charge in [-0.1, -0.05) is 28.1 Å². The first-order valence-corrected chi connectivity index (χ1v) is 10.5. The zero-order valence-electron chi connectivity index (χ0n) is 14.6. The van der Waals surface area contributed by atoms with E-state index >= 15 is 0 Å². The largest absolute Gasteiger partial charge is 0.486 e. The van der Waals surface area contributed by atoms with Crippen molar-refractivity contribution < 1.29 is 17.9 Å². The summed E-state index contributed by atoms with van der Waals surface area (Å²) in [6, 6.07) is 10.7. The Morgan fingerprint density at radius 2 is 1.73 bits per heavy atom. The highest BCUT2D eigenvalue weighted by Crippen LogP contribution is 2.36. The van der Waals surface area contributed by atoms with Crippen molar-refractivity contribution in [1.29, 1.82) is 0 Å². The number of nitrogens with zero attached hydrogens (tertiary/aromatic N) is 1. The van der Waals surface area contributed by atoms with Gasteiger partial charge >= 0.3 is 0 Å². The minimum Gasteiger partial charge on any atom is -0.486 e. The summed E-state index contributed by atoms with van der Waals surface area (Å²) >= 11 is 3.60. The molecule has 0 aliphatic carbocycles. The summed E-state index contributed by atoms with van der Waals surface area (Å²) in [4.78, 5) is 2.29. The maximum atomic E-state index is 11.4. The van der Waals surface area contributed by atoms with Crippen molar-refractivity contribution in [2.45, 2.75) is 24.4 Å². The van der Waals surface area contributed by atoms with Crippen LogP contribution < -0.4 is 14.6 Å². The van der Waals surface area contributed by atoms with Crippen LogP contribution >= 0.6 is 15.9 Å². The SMILES string of the molecule is C[C@@H](c1ccc(S(N)(=O)=O)cc1)N(C)Cc1cc2c(cc1Br)OCCO2. The van der Waals surface area contributed by atoms with Gasteiger partial charge in [-0.3, -0.25) is 4.90 Å². The molecule has 1 atom stereocenters. The van der Waals surface area contributed by atoms with Crippen LogP contribution in [0.25, 0.3) is 0 Å². The predicted molar refractivity (Wildman–Crippen MR) is 103 cm³/mol. The van der Waals surface area contributed by atoms with Crippen molar-refractivity contribution >= 4 is 26.0 Å². The number of primary sulfonamides is 1. The maximum Gasteiger partial charge on any atom is 0.238 e. The summed E-state index contributed by atoms with van der Waals surface area (Å²) in [5.74, 6) is 1.51. The number of hydrogen-bond donors (Lipinski definition) is 1. The molecule has 1 aliphatic heterocycles. The molecule has 0 saturated carbocycles. The molecule has 2 aromatic carbocycles. The van der Waals surface area contributed by atoms with Gasteiger partial charge < -0.3 is 9.47 Å². The van der Waals surface area contributed by atoms with Crippen LogP contribution in [0.2, 0.25) is 0 Å². The van der Waals surface area contributed by atoms with Crippen LogP contribution in [0.4, 0.5) is 0 Å². The molecule has 6 nitrogen and oxygen atoms in total. The molecule has 0 aromatic heterocycles. The zero-order chi connectivity index (χ0) is 18.9. The first-order chi connectivity index (χ1) is 12.3. The molecule has 0 bridgehead atoms. The van der Waals surface area contributed by atoms with Crippen LogP contribution in [0.1, 0.15) is 24.1 Å². The minimum atomic E-state index is -3.67. The van der Waals surface area contributed by atoms with Gasteiger partial charge in [-0.2, -0.15) is 0 Å². The van der Waals surface area contributed by atoms with Crippen LogP contribution in [-0.2, 0) is 16.6 Å². The fourth-order valence-electron chi connectivity index (χ4n) is 2.82. The smallest absolute Gasteiger partial charge is 0.238 e. The quantitative estimate of drug-likeness (QED) is 0.772. The fraction of sp³-hybridized carbons (Fsp3) is 0.333. The highest BCUT2D eigenvalue weighted by atomic mass is 79.9. The number of sulfonamides is 1. The molecule has 2 aromatic rings. The second-order valence-electron chi connectivity index (χ2n) is 6.29. The molecular weight excluding hydrogens is 420 g/mol. The van der Waals surface area contributed by atoms with Crippen LogP contribution in [0.3, 0.4) is 0 Å². The average Bonchev–Trinajstić information content (AvgIpc) is 2.61. The molecule has 2 N–H and O–H groups in total. The standard InChI is InChI=1S/C18H21BrN2O4S/c1-12(13-3-5-15(6-4-13)26(20,22)23)21(2)11-14-9-17-18(10-16(14)19)25-8-7-24-17/h3-6,9-10,12H,7-8,11H2,1-2H3,(H2,20,22,23)/t12-/m0/s1. The lowest BCUT2D eigenvalue weighted by Crippen LogP contribution is -2.23. The van der Waals surface area contributed by atoms with Gasteiger partial charge in [-0.25, -0.2) is 13.6 Å². The third-order valence-electron chi connectivity index (χ3n) is 4.48. The van der Waals surface area contributed by atoms with Gasteiger partial charge in [0.2, 0.25) is 10.0 Å². The third-order valence-corrected chi connectivity index (χ3v) is 6.15. The van der Waals surface area contributed by atoms with Gasteiger partial charge in [0.05, 0.1) is 4.90 Å². The van der Waals surface area contributed by atoms with Crippen molar-refractivity contribution in [3.63, 3.8) is 0 Å². The molecule has 1 aliphatic rings. The van der Waals surface area contributed by atoms with Crippen molar-refractivity contribution in [2.24, 2.45) is 5.14 Å². The second kappa shape index (κ2) is 7.56. The Kier molecular flexibility index (Phi) is 5.57. The summed E-state index contributed by atoms with van der Waals surface area (Å²) in [7, 11) is -1.66. The first-order valence-electron chi connectivity index (χ1n) is 8.17. The van der Waals surface area contributed by atoms with Gasteiger partial charge in [0, 0.05) is 17.1 Å². The summed E-state index contributed by atoms with van der Waals surface area (Å²) < 4.78 is 35.0. The summed E-state index contributed by atoms with van der Waals surface area (Å²) in [6.07, 6.45) is 0. The van der Waals surface area contributed by atoms with E-state index < -0.39 is 10.0 Å². The van der Waals surface area contributed by atoms with Gasteiger partial charge in [0.15, 0.2) is 11.5 Å². The van der Waals surface area contributed by atoms with Crippen LogP contribution in [0.5, 0.6) is 11.5 Å². The summed E-state index contributed by atoms with van der Waals surface area (Å²) in [5.41, 5.74) is 2.10. The van der Waals surface area contributed by atoms with Crippen molar-refractivity contribution in [3.05, 3.63) is 52.0 Å². The lowest BCUT2D eigenvalue weighted by atomic mass is 10.1. The highest BCUT2D eigenvalue weighted by molar-refractivity contribution is 9.10. The number of nitrogens with two attached hydrogens (primary N) is 1. The minimum absolute atomic E-state index is 0.0876. The molecule has 0 radical (unpaired) electrons. The number of halogens is 1. The Bertz CT molecular complexity index is 900. The number of benzene rings is 2. The van der Waals surface area contributed by atoms with E-state index in [1.807, 2.05) is 19.2 Å². The monoisotopic (exact) mass is 440 g/mol. The molecule has 3 rings (SSSR count). The van der Waals surface area contributed by atoms with Crippen molar-refractivity contribution in [2.75, 3.05) is 20.3 Å². The van der Waals surface area contributed by atoms with E-state index in [0.29, 0.717) is 19.8 Å². The molecule has 0 amide bonds. The molecule has 0 saturated heterocycles. The Balaban J connectivity index is 1.76. The van der Waals surface area contributed by atoms with E-state index in [0.717, 1.165) is 27.1 Å². The number of ether oxygens (including phenoxy) is 2. The Morgan fingerprint density at radius 1 is 1.15 bits per heavy atom. The summed E-state index contributed by atoms with van der Waals surface area (Å²) in [5, 5.41) is 5.15. The third kappa shape index (κ3) is 4.20. The molecule has 1 heterocycles. The molecule has 8 heteroatoms. The van der Waals surface area contributed by atoms with E-state index in [2.05, 4.69) is 27.8 Å². The molecular formula is C18H21BrN2O4S. The molecule has 0 spiro atoms. The molecule has 26 heavy (non-hydrogen) atoms. The molecule has 140 valence electrons. The maximum absolute atomic E-state index is 11.4. The second-order valence-corrected chi connectivity index (χ2v) is 8.71. The van der Waals surface area contributed by atoms with Gasteiger partial charge in [0.1, 0.15) is 13.2 Å². The normalized spacial score (nSPS) is 15.1. The average molecular weight is 441 g/mol. The Labute approximate surface area is 162 Å². The molecule has 0 fully saturated rings. The fourth-order valence-corrected chi connectivity index (χ4v) is 3.79. The Morgan fingerprint density at radius 3 is 2.31 bits per heavy atom. The van der Waals surface area contributed by atoms with E-state index in [1.54, 1.807) is 12.1 Å². The lowest BCUT2D eigenvalue weighted by Gasteiger charge is -2.27. The Hall–Kier alpha value is -1.61. The number of rotatable bonds is 5. The number of hydrogen-bond acceptors (Lipinski definition) is 5. The number of fused-ring (bicyclic) bond motifs is 1. The van der Waals surface area contributed by atoms with E-state index in [9.17, 15) is 8.42 Å². The zero-order valence-corrected chi connectivity index (χ0v) is 17.0. The predicted octanol–water partition coefficient (Wildman–Crippen LogP) is 3.06. The van der Waals surface area contributed by atoms with Crippen LogP contribution in [0, 0.1) is 0 Å². The van der Waals surface area contributed by atoms with Crippen molar-refractivity contribution in [1.82, 2.24) is 4.90 Å². The first kappa shape index (κ1) is 19.2. The van der Waals surface area contributed by atoms with Gasteiger partial charge in [0.25, 0.3) is 0 Å². The van der Waals surface area contributed by atoms with Crippen LogP contribution in [-0.4, -0.2) is 33.6 Å². The van der Waals surface area contributed by atoms with Gasteiger partial charge in [-0.05, 0) is 49.4 Å². The highest BCUT2D eigenvalue weighted by Gasteiger charge is 2.18. The topological polar surface area (TPSA) is 81.9 Å². The van der Waals surface area contributed by atoms with Crippen molar-refractivity contribution in [3.8, 4) is 11.5 Å². The van der Waals surface area contributed by atoms with E-state index in [4.69, 9.17) is 14.6 Å².